The topological polar surface area (TPSA) is 46.3 Å². The first kappa shape index (κ1) is 16.0. The zero-order valence-corrected chi connectivity index (χ0v) is 12.8. The van der Waals surface area contributed by atoms with Crippen LogP contribution in [0.15, 0.2) is 16.6 Å². The van der Waals surface area contributed by atoms with Gasteiger partial charge in [-0.05, 0) is 26.0 Å². The quantitative estimate of drug-likeness (QED) is 0.849. The number of benzene rings is 1. The van der Waals surface area contributed by atoms with Crippen LogP contribution in [0.1, 0.15) is 24.2 Å². The Hall–Kier alpha value is -1.08. The first-order chi connectivity index (χ1) is 8.73. The summed E-state index contributed by atoms with van der Waals surface area (Å²) in [6, 6.07) is 1.79. The molecule has 0 aliphatic rings. The smallest absolute Gasteiger partial charge is 0.260 e. The molecule has 0 aromatic heterocycles. The monoisotopic (exact) mass is 350 g/mol. The van der Waals surface area contributed by atoms with Gasteiger partial charge in [-0.2, -0.15) is 0 Å². The molecule has 0 saturated carbocycles. The summed E-state index contributed by atoms with van der Waals surface area (Å²) in [5.41, 5.74) is 4.79. The van der Waals surface area contributed by atoms with E-state index in [1.807, 2.05) is 0 Å². The summed E-state index contributed by atoms with van der Waals surface area (Å²) in [6.07, 6.45) is 0. The minimum absolute atomic E-state index is 0.0270. The van der Waals surface area contributed by atoms with E-state index in [4.69, 9.17) is 18.0 Å². The van der Waals surface area contributed by atoms with Gasteiger partial charge in [-0.25, -0.2) is 8.78 Å². The second-order valence-corrected chi connectivity index (χ2v) is 5.68. The SMILES string of the molecule is CC(C)N(CC(N)=S)C(=O)c1c(F)cc(Br)cc1F. The molecule has 0 spiro atoms. The Morgan fingerprint density at radius 2 is 1.89 bits per heavy atom. The molecule has 0 aliphatic heterocycles. The van der Waals surface area contributed by atoms with Crippen molar-refractivity contribution in [1.29, 1.82) is 0 Å². The van der Waals surface area contributed by atoms with E-state index in [1.165, 1.54) is 4.90 Å². The molecule has 1 amide bonds. The number of thiocarbonyl (C=S) groups is 1. The molecule has 2 N–H and O–H groups in total. The zero-order chi connectivity index (χ0) is 14.7. The normalized spacial score (nSPS) is 10.6. The van der Waals surface area contributed by atoms with Crippen molar-refractivity contribution in [2.75, 3.05) is 6.54 Å². The summed E-state index contributed by atoms with van der Waals surface area (Å²) in [4.78, 5) is 13.5. The molecule has 3 nitrogen and oxygen atoms in total. The highest BCUT2D eigenvalue weighted by atomic mass is 79.9. The molecule has 19 heavy (non-hydrogen) atoms. The molecule has 0 fully saturated rings. The number of rotatable bonds is 4. The lowest BCUT2D eigenvalue weighted by atomic mass is 10.1. The minimum Gasteiger partial charge on any atom is -0.392 e. The van der Waals surface area contributed by atoms with Crippen LogP contribution in [-0.4, -0.2) is 28.4 Å². The van der Waals surface area contributed by atoms with Gasteiger partial charge in [-0.1, -0.05) is 28.1 Å². The van der Waals surface area contributed by atoms with Gasteiger partial charge in [0, 0.05) is 10.5 Å². The van der Waals surface area contributed by atoms with Crippen molar-refractivity contribution in [3.05, 3.63) is 33.8 Å². The van der Waals surface area contributed by atoms with Crippen LogP contribution in [0.3, 0.4) is 0 Å². The number of carbonyl (C=O) groups is 1. The summed E-state index contributed by atoms with van der Waals surface area (Å²) in [6.45, 7) is 3.40. The van der Waals surface area contributed by atoms with Gasteiger partial charge in [0.15, 0.2) is 0 Å². The number of hydrogen-bond donors (Lipinski definition) is 1. The first-order valence-electron chi connectivity index (χ1n) is 5.47. The number of nitrogens with two attached hydrogens (primary N) is 1. The standard InChI is InChI=1S/C12H13BrF2N2OS/c1-6(2)17(5-10(16)19)12(18)11-8(14)3-7(13)4-9(11)15/h3-4,6H,5H2,1-2H3,(H2,16,19). The summed E-state index contributed by atoms with van der Waals surface area (Å²) in [7, 11) is 0. The van der Waals surface area contributed by atoms with Gasteiger partial charge < -0.3 is 10.6 Å². The highest BCUT2D eigenvalue weighted by Gasteiger charge is 2.25. The van der Waals surface area contributed by atoms with Crippen molar-refractivity contribution >= 4 is 39.0 Å². The number of amides is 1. The number of nitrogens with zero attached hydrogens (tertiary/aromatic N) is 1. The van der Waals surface area contributed by atoms with Gasteiger partial charge in [0.2, 0.25) is 0 Å². The maximum absolute atomic E-state index is 13.7. The molecule has 7 heteroatoms. The molecule has 1 rings (SSSR count). The third-order valence-electron chi connectivity index (χ3n) is 2.43. The van der Waals surface area contributed by atoms with Gasteiger partial charge in [0.1, 0.15) is 17.2 Å². The molecule has 0 bridgehead atoms. The summed E-state index contributed by atoms with van der Waals surface area (Å²) < 4.78 is 27.7. The molecular weight excluding hydrogens is 338 g/mol. The Labute approximate surface area is 123 Å². The van der Waals surface area contributed by atoms with Gasteiger partial charge >= 0.3 is 0 Å². The van der Waals surface area contributed by atoms with Crippen LogP contribution < -0.4 is 5.73 Å². The predicted molar refractivity (Wildman–Crippen MR) is 77.0 cm³/mol. The minimum atomic E-state index is -0.925. The fourth-order valence-corrected chi connectivity index (χ4v) is 2.09. The summed E-state index contributed by atoms with van der Waals surface area (Å²) in [5, 5.41) is 0. The third-order valence-corrected chi connectivity index (χ3v) is 3.02. The molecule has 1 aromatic rings. The van der Waals surface area contributed by atoms with Crippen molar-refractivity contribution < 1.29 is 13.6 Å². The lowest BCUT2D eigenvalue weighted by molar-refractivity contribution is 0.0726. The van der Waals surface area contributed by atoms with Gasteiger partial charge in [-0.3, -0.25) is 4.79 Å². The van der Waals surface area contributed by atoms with Crippen LogP contribution in [0.25, 0.3) is 0 Å². The molecule has 0 aliphatic carbocycles. The van der Waals surface area contributed by atoms with E-state index in [2.05, 4.69) is 15.9 Å². The molecule has 1 aromatic carbocycles. The van der Waals surface area contributed by atoms with Crippen molar-refractivity contribution in [2.24, 2.45) is 5.73 Å². The number of halogens is 3. The Morgan fingerprint density at radius 1 is 1.42 bits per heavy atom. The van der Waals surface area contributed by atoms with E-state index in [0.29, 0.717) is 0 Å². The first-order valence-corrected chi connectivity index (χ1v) is 6.68. The van der Waals surface area contributed by atoms with E-state index in [-0.39, 0.29) is 22.0 Å². The van der Waals surface area contributed by atoms with E-state index in [9.17, 15) is 13.6 Å². The average Bonchev–Trinajstić information content (AvgIpc) is 2.23. The van der Waals surface area contributed by atoms with E-state index >= 15 is 0 Å². The van der Waals surface area contributed by atoms with Crippen LogP contribution in [0.4, 0.5) is 8.78 Å². The molecule has 0 heterocycles. The van der Waals surface area contributed by atoms with E-state index < -0.39 is 23.1 Å². The molecule has 0 unspecified atom stereocenters. The fraction of sp³-hybridized carbons (Fsp3) is 0.333. The molecule has 0 atom stereocenters. The Kier molecular flexibility index (Phi) is 5.37. The number of hydrogen-bond acceptors (Lipinski definition) is 2. The Balaban J connectivity index is 3.20. The van der Waals surface area contributed by atoms with Crippen molar-refractivity contribution in [3.63, 3.8) is 0 Å². The average molecular weight is 351 g/mol. The van der Waals surface area contributed by atoms with Crippen molar-refractivity contribution in [3.8, 4) is 0 Å². The van der Waals surface area contributed by atoms with Crippen LogP contribution in [0.5, 0.6) is 0 Å². The van der Waals surface area contributed by atoms with Gasteiger partial charge in [0.25, 0.3) is 5.91 Å². The van der Waals surface area contributed by atoms with Crippen LogP contribution >= 0.6 is 28.1 Å². The molecule has 0 radical (unpaired) electrons. The largest absolute Gasteiger partial charge is 0.392 e. The third kappa shape index (κ3) is 3.94. The van der Waals surface area contributed by atoms with Crippen molar-refractivity contribution in [1.82, 2.24) is 4.90 Å². The second-order valence-electron chi connectivity index (χ2n) is 4.24. The number of carbonyl (C=O) groups excluding carboxylic acids is 1. The Bertz CT molecular complexity index is 499. The van der Waals surface area contributed by atoms with Crippen LogP contribution in [-0.2, 0) is 0 Å². The van der Waals surface area contributed by atoms with Crippen LogP contribution in [0, 0.1) is 11.6 Å². The predicted octanol–water partition coefficient (Wildman–Crippen LogP) is 2.86. The molecule has 104 valence electrons. The zero-order valence-electron chi connectivity index (χ0n) is 10.4. The maximum Gasteiger partial charge on any atom is 0.260 e. The lowest BCUT2D eigenvalue weighted by Crippen LogP contribution is -2.42. The van der Waals surface area contributed by atoms with E-state index in [1.54, 1.807) is 13.8 Å². The highest BCUT2D eigenvalue weighted by Crippen LogP contribution is 2.21. The molecular formula is C12H13BrF2N2OS. The lowest BCUT2D eigenvalue weighted by Gasteiger charge is -2.26. The summed E-state index contributed by atoms with van der Waals surface area (Å²) in [5.74, 6) is -2.62. The maximum atomic E-state index is 13.7. The van der Waals surface area contributed by atoms with Gasteiger partial charge in [0.05, 0.1) is 11.5 Å². The second kappa shape index (κ2) is 6.38. The molecule has 0 saturated heterocycles. The fourth-order valence-electron chi connectivity index (χ4n) is 1.55. The summed E-state index contributed by atoms with van der Waals surface area (Å²) >= 11 is 7.69. The van der Waals surface area contributed by atoms with Crippen LogP contribution in [0.2, 0.25) is 0 Å². The van der Waals surface area contributed by atoms with Gasteiger partial charge in [-0.15, -0.1) is 0 Å². The van der Waals surface area contributed by atoms with Crippen molar-refractivity contribution in [2.45, 2.75) is 19.9 Å². The van der Waals surface area contributed by atoms with E-state index in [0.717, 1.165) is 12.1 Å². The Morgan fingerprint density at radius 3 is 2.26 bits per heavy atom. The highest BCUT2D eigenvalue weighted by molar-refractivity contribution is 9.10.